The van der Waals surface area contributed by atoms with E-state index in [9.17, 15) is 4.79 Å². The number of hydrogen-bond donors (Lipinski definition) is 1. The Morgan fingerprint density at radius 2 is 2.00 bits per heavy atom. The van der Waals surface area contributed by atoms with E-state index in [2.05, 4.69) is 42.2 Å². The van der Waals surface area contributed by atoms with Crippen molar-refractivity contribution in [2.45, 2.75) is 6.92 Å². The molecule has 0 spiro atoms. The Morgan fingerprint density at radius 1 is 1.22 bits per heavy atom. The Hall–Kier alpha value is -1.20. The van der Waals surface area contributed by atoms with Gasteiger partial charge in [-0.1, -0.05) is 12.1 Å². The van der Waals surface area contributed by atoms with Crippen molar-refractivity contribution in [3.8, 4) is 0 Å². The van der Waals surface area contributed by atoms with E-state index < -0.39 is 0 Å². The average molecular weight is 370 g/mol. The van der Waals surface area contributed by atoms with E-state index >= 15 is 0 Å². The summed E-state index contributed by atoms with van der Waals surface area (Å²) < 4.78 is 1.55. The first-order valence-corrected chi connectivity index (χ1v) is 6.85. The first-order valence-electron chi connectivity index (χ1n) is 5.26. The first-order chi connectivity index (χ1) is 8.59. The van der Waals surface area contributed by atoms with Crippen LogP contribution >= 0.6 is 31.9 Å². The second-order valence-corrected chi connectivity index (χ2v) is 5.37. The van der Waals surface area contributed by atoms with E-state index in [-0.39, 0.29) is 5.91 Å². The molecule has 0 unspecified atom stereocenters. The molecule has 0 fully saturated rings. The Balaban J connectivity index is 2.28. The number of carbonyl (C=O) groups is 1. The van der Waals surface area contributed by atoms with Crippen molar-refractivity contribution in [3.05, 3.63) is 56.6 Å². The maximum absolute atomic E-state index is 12.1. The van der Waals surface area contributed by atoms with E-state index in [4.69, 9.17) is 0 Å². The molecule has 1 amide bonds. The quantitative estimate of drug-likeness (QED) is 0.863. The zero-order valence-electron chi connectivity index (χ0n) is 9.58. The van der Waals surface area contributed by atoms with Gasteiger partial charge in [0.05, 0.1) is 10.0 Å². The molecule has 1 aromatic carbocycles. The van der Waals surface area contributed by atoms with Crippen LogP contribution in [0.3, 0.4) is 0 Å². The summed E-state index contributed by atoms with van der Waals surface area (Å²) in [5, 5.41) is 2.77. The lowest BCUT2D eigenvalue weighted by Gasteiger charge is -2.08. The van der Waals surface area contributed by atoms with Gasteiger partial charge < -0.3 is 5.32 Å². The lowest BCUT2D eigenvalue weighted by molar-refractivity contribution is 0.102. The fraction of sp³-hybridized carbons (Fsp3) is 0.0769. The minimum atomic E-state index is -0.190. The van der Waals surface area contributed by atoms with Crippen LogP contribution in [0.25, 0.3) is 0 Å². The van der Waals surface area contributed by atoms with Crippen LogP contribution in [0.4, 0.5) is 5.82 Å². The van der Waals surface area contributed by atoms with Gasteiger partial charge in [-0.3, -0.25) is 4.79 Å². The van der Waals surface area contributed by atoms with Crippen molar-refractivity contribution in [2.75, 3.05) is 5.32 Å². The number of rotatable bonds is 2. The zero-order chi connectivity index (χ0) is 13.1. The molecule has 0 aliphatic rings. The molecule has 2 aromatic rings. The minimum absolute atomic E-state index is 0.190. The highest BCUT2D eigenvalue weighted by Gasteiger charge is 2.13. The van der Waals surface area contributed by atoms with Gasteiger partial charge in [-0.2, -0.15) is 0 Å². The van der Waals surface area contributed by atoms with Crippen LogP contribution in [0, 0.1) is 6.92 Å². The Kier molecular flexibility index (Phi) is 4.14. The molecule has 3 nitrogen and oxygen atoms in total. The molecule has 0 bridgehead atoms. The van der Waals surface area contributed by atoms with Gasteiger partial charge in [-0.15, -0.1) is 0 Å². The number of pyridine rings is 1. The molecule has 1 N–H and O–H groups in total. The number of benzene rings is 1. The summed E-state index contributed by atoms with van der Waals surface area (Å²) in [4.78, 5) is 16.2. The fourth-order valence-electron chi connectivity index (χ4n) is 1.48. The summed E-state index contributed by atoms with van der Waals surface area (Å²) in [6.07, 6.45) is 1.63. The third-order valence-electron chi connectivity index (χ3n) is 2.43. The molecule has 0 saturated carbocycles. The molecule has 0 aliphatic heterocycles. The van der Waals surface area contributed by atoms with Gasteiger partial charge in [-0.25, -0.2) is 4.98 Å². The van der Waals surface area contributed by atoms with Crippen LogP contribution in [0.15, 0.2) is 45.5 Å². The van der Waals surface area contributed by atoms with Gasteiger partial charge in [0.25, 0.3) is 5.91 Å². The number of aromatic nitrogens is 1. The molecule has 1 aromatic heterocycles. The molecule has 0 radical (unpaired) electrons. The fourth-order valence-corrected chi connectivity index (χ4v) is 2.27. The summed E-state index contributed by atoms with van der Waals surface area (Å²) in [5.41, 5.74) is 1.61. The topological polar surface area (TPSA) is 42.0 Å². The van der Waals surface area contributed by atoms with Crippen molar-refractivity contribution >= 4 is 43.6 Å². The Morgan fingerprint density at radius 3 is 2.72 bits per heavy atom. The van der Waals surface area contributed by atoms with Crippen molar-refractivity contribution < 1.29 is 4.79 Å². The SMILES string of the molecule is Cc1cccc(C(=O)Nc2ncccc2Br)c1Br. The number of anilines is 1. The second kappa shape index (κ2) is 5.63. The molecular formula is C13H10Br2N2O. The number of amides is 1. The smallest absolute Gasteiger partial charge is 0.258 e. The van der Waals surface area contributed by atoms with Crippen LogP contribution in [0.1, 0.15) is 15.9 Å². The normalized spacial score (nSPS) is 10.2. The molecule has 0 atom stereocenters. The Bertz CT molecular complexity index is 599. The predicted octanol–water partition coefficient (Wildman–Crippen LogP) is 4.17. The van der Waals surface area contributed by atoms with E-state index in [1.165, 1.54) is 0 Å². The summed E-state index contributed by atoms with van der Waals surface area (Å²) in [5.74, 6) is 0.320. The number of aryl methyl sites for hydroxylation is 1. The predicted molar refractivity (Wildman–Crippen MR) is 78.8 cm³/mol. The standard InChI is InChI=1S/C13H10Br2N2O/c1-8-4-2-5-9(11(8)15)13(18)17-12-10(14)6-3-7-16-12/h2-7H,1H3,(H,16,17,18). The molecule has 5 heteroatoms. The van der Waals surface area contributed by atoms with E-state index in [1.807, 2.05) is 25.1 Å². The van der Waals surface area contributed by atoms with Crippen molar-refractivity contribution in [1.82, 2.24) is 4.98 Å². The maximum atomic E-state index is 12.1. The number of carbonyl (C=O) groups excluding carboxylic acids is 1. The van der Waals surface area contributed by atoms with Crippen molar-refractivity contribution in [3.63, 3.8) is 0 Å². The summed E-state index contributed by atoms with van der Waals surface area (Å²) in [7, 11) is 0. The monoisotopic (exact) mass is 368 g/mol. The average Bonchev–Trinajstić information content (AvgIpc) is 2.35. The molecule has 92 valence electrons. The highest BCUT2D eigenvalue weighted by atomic mass is 79.9. The minimum Gasteiger partial charge on any atom is -0.306 e. The first kappa shape index (κ1) is 13.2. The third-order valence-corrected chi connectivity index (χ3v) is 4.12. The largest absolute Gasteiger partial charge is 0.306 e. The summed E-state index contributed by atoms with van der Waals surface area (Å²) in [6.45, 7) is 1.94. The molecule has 1 heterocycles. The lowest BCUT2D eigenvalue weighted by atomic mass is 10.1. The van der Waals surface area contributed by atoms with Crippen LogP contribution in [-0.4, -0.2) is 10.9 Å². The highest BCUT2D eigenvalue weighted by Crippen LogP contribution is 2.23. The van der Waals surface area contributed by atoms with Gasteiger partial charge >= 0.3 is 0 Å². The van der Waals surface area contributed by atoms with Gasteiger partial charge in [0.15, 0.2) is 0 Å². The van der Waals surface area contributed by atoms with Gasteiger partial charge in [-0.05, 0) is 62.5 Å². The number of nitrogens with one attached hydrogen (secondary N) is 1. The van der Waals surface area contributed by atoms with E-state index in [1.54, 1.807) is 18.3 Å². The van der Waals surface area contributed by atoms with Gasteiger partial charge in [0, 0.05) is 10.7 Å². The molecule has 0 aliphatic carbocycles. The molecular weight excluding hydrogens is 360 g/mol. The van der Waals surface area contributed by atoms with Crippen molar-refractivity contribution in [2.24, 2.45) is 0 Å². The van der Waals surface area contributed by atoms with Crippen LogP contribution in [0.5, 0.6) is 0 Å². The molecule has 0 saturated heterocycles. The number of nitrogens with zero attached hydrogens (tertiary/aromatic N) is 1. The zero-order valence-corrected chi connectivity index (χ0v) is 12.7. The van der Waals surface area contributed by atoms with Crippen LogP contribution < -0.4 is 5.32 Å². The van der Waals surface area contributed by atoms with E-state index in [0.717, 1.165) is 14.5 Å². The summed E-state index contributed by atoms with van der Waals surface area (Å²) >= 11 is 6.76. The number of halogens is 2. The van der Waals surface area contributed by atoms with Gasteiger partial charge in [0.1, 0.15) is 5.82 Å². The van der Waals surface area contributed by atoms with Crippen molar-refractivity contribution in [1.29, 1.82) is 0 Å². The lowest BCUT2D eigenvalue weighted by Crippen LogP contribution is -2.14. The maximum Gasteiger partial charge on any atom is 0.258 e. The molecule has 2 rings (SSSR count). The second-order valence-electron chi connectivity index (χ2n) is 3.72. The third kappa shape index (κ3) is 2.79. The van der Waals surface area contributed by atoms with Gasteiger partial charge in [0.2, 0.25) is 0 Å². The number of hydrogen-bond acceptors (Lipinski definition) is 2. The van der Waals surface area contributed by atoms with E-state index in [0.29, 0.717) is 11.4 Å². The Labute approximate surface area is 122 Å². The van der Waals surface area contributed by atoms with Crippen LogP contribution in [0.2, 0.25) is 0 Å². The highest BCUT2D eigenvalue weighted by molar-refractivity contribution is 9.11. The molecule has 18 heavy (non-hydrogen) atoms. The van der Waals surface area contributed by atoms with Crippen LogP contribution in [-0.2, 0) is 0 Å². The summed E-state index contributed by atoms with van der Waals surface area (Å²) in [6, 6.07) is 9.18.